The van der Waals surface area contributed by atoms with Gasteiger partial charge in [0.05, 0.1) is 11.7 Å². The van der Waals surface area contributed by atoms with Crippen LogP contribution in [0.5, 0.6) is 0 Å². The second kappa shape index (κ2) is 8.84. The molecule has 29 heavy (non-hydrogen) atoms. The maximum absolute atomic E-state index is 12.5. The van der Waals surface area contributed by atoms with Crippen molar-refractivity contribution in [3.63, 3.8) is 0 Å². The highest BCUT2D eigenvalue weighted by Gasteiger charge is 2.69. The van der Waals surface area contributed by atoms with Gasteiger partial charge in [0.1, 0.15) is 12.3 Å². The third-order valence-corrected chi connectivity index (χ3v) is 7.49. The first-order valence-corrected chi connectivity index (χ1v) is 12.0. The number of rotatable bonds is 10. The van der Waals surface area contributed by atoms with Crippen LogP contribution in [0.3, 0.4) is 0 Å². The maximum Gasteiger partial charge on any atom is 0.246 e. The molecule has 0 saturated heterocycles. The molecule has 4 aliphatic carbocycles. The Labute approximate surface area is 178 Å². The van der Waals surface area contributed by atoms with Gasteiger partial charge in [0.25, 0.3) is 0 Å². The van der Waals surface area contributed by atoms with E-state index in [1.807, 2.05) is 0 Å². The zero-order chi connectivity index (χ0) is 21.2. The van der Waals surface area contributed by atoms with Crippen molar-refractivity contribution < 1.29 is 14.3 Å². The van der Waals surface area contributed by atoms with E-state index in [1.165, 1.54) is 32.1 Å². The van der Waals surface area contributed by atoms with Crippen LogP contribution in [0, 0.1) is 0 Å². The van der Waals surface area contributed by atoms with Gasteiger partial charge in [-0.15, -0.1) is 0 Å². The number of ether oxygens (including phenoxy) is 2. The van der Waals surface area contributed by atoms with E-state index >= 15 is 0 Å². The van der Waals surface area contributed by atoms with Gasteiger partial charge in [-0.25, -0.2) is 0 Å². The van der Waals surface area contributed by atoms with Crippen LogP contribution < -0.4 is 10.6 Å². The summed E-state index contributed by atoms with van der Waals surface area (Å²) in [6.45, 7) is 11.0. The number of nitrogens with one attached hydrogen (secondary N) is 2. The molecule has 4 aliphatic rings. The van der Waals surface area contributed by atoms with Crippen molar-refractivity contribution in [1.82, 2.24) is 10.6 Å². The van der Waals surface area contributed by atoms with E-state index in [1.54, 1.807) is 0 Å². The van der Waals surface area contributed by atoms with Crippen molar-refractivity contribution in [2.45, 2.75) is 140 Å². The highest BCUT2D eigenvalue weighted by Crippen LogP contribution is 2.61. The molecule has 1 atom stereocenters. The molecule has 5 heteroatoms. The Morgan fingerprint density at radius 1 is 0.931 bits per heavy atom. The summed E-state index contributed by atoms with van der Waals surface area (Å²) in [4.78, 5) is 12.5. The molecular formula is C24H44N2O3. The molecular weight excluding hydrogens is 364 g/mol. The number of carbonyl (C=O) groups is 1. The van der Waals surface area contributed by atoms with Crippen LogP contribution in [0.4, 0.5) is 0 Å². The second-order valence-corrected chi connectivity index (χ2v) is 10.8. The van der Waals surface area contributed by atoms with Crippen molar-refractivity contribution in [3.05, 3.63) is 0 Å². The van der Waals surface area contributed by atoms with Crippen molar-refractivity contribution in [2.75, 3.05) is 6.61 Å². The van der Waals surface area contributed by atoms with E-state index in [-0.39, 0.29) is 41.0 Å². The average molecular weight is 409 g/mol. The second-order valence-electron chi connectivity index (χ2n) is 10.8. The quantitative estimate of drug-likeness (QED) is 0.508. The Bertz CT molecular complexity index is 549. The monoisotopic (exact) mass is 408 g/mol. The van der Waals surface area contributed by atoms with Gasteiger partial charge < -0.3 is 14.8 Å². The van der Waals surface area contributed by atoms with Gasteiger partial charge in [0.15, 0.2) is 0 Å². The van der Waals surface area contributed by atoms with Gasteiger partial charge in [-0.2, -0.15) is 0 Å². The van der Waals surface area contributed by atoms with Gasteiger partial charge >= 0.3 is 0 Å². The molecule has 4 fully saturated rings. The molecule has 1 unspecified atom stereocenters. The highest BCUT2D eigenvalue weighted by atomic mass is 16.5. The Hall–Kier alpha value is -0.650. The van der Waals surface area contributed by atoms with Crippen LogP contribution in [-0.4, -0.2) is 41.0 Å². The molecule has 0 aromatic heterocycles. The summed E-state index contributed by atoms with van der Waals surface area (Å²) in [7, 11) is 0. The van der Waals surface area contributed by atoms with Gasteiger partial charge in [-0.3, -0.25) is 10.1 Å². The van der Waals surface area contributed by atoms with Crippen LogP contribution in [0.2, 0.25) is 0 Å². The molecule has 0 aliphatic heterocycles. The molecule has 0 spiro atoms. The maximum atomic E-state index is 12.5. The van der Waals surface area contributed by atoms with E-state index < -0.39 is 0 Å². The fraction of sp³-hybridized carbons (Fsp3) is 0.958. The van der Waals surface area contributed by atoms with Crippen molar-refractivity contribution in [3.8, 4) is 0 Å². The minimum absolute atomic E-state index is 0.0106. The van der Waals surface area contributed by atoms with Crippen molar-refractivity contribution in [1.29, 1.82) is 0 Å². The van der Waals surface area contributed by atoms with E-state index in [4.69, 9.17) is 9.47 Å². The highest BCUT2D eigenvalue weighted by molar-refractivity contribution is 5.79. The van der Waals surface area contributed by atoms with Gasteiger partial charge in [-0.1, -0.05) is 46.0 Å². The molecule has 0 radical (unpaired) electrons. The van der Waals surface area contributed by atoms with Crippen LogP contribution in [-0.2, 0) is 14.3 Å². The molecule has 2 bridgehead atoms. The smallest absolute Gasteiger partial charge is 0.246 e. The average Bonchev–Trinajstić information content (AvgIpc) is 2.57. The molecule has 0 aromatic rings. The third-order valence-electron chi connectivity index (χ3n) is 7.49. The van der Waals surface area contributed by atoms with E-state index in [2.05, 4.69) is 45.3 Å². The van der Waals surface area contributed by atoms with Crippen LogP contribution in [0.1, 0.15) is 112 Å². The summed E-state index contributed by atoms with van der Waals surface area (Å²) in [5.41, 5.74) is -0.343. The lowest BCUT2D eigenvalue weighted by molar-refractivity contribution is -0.208. The zero-order valence-corrected chi connectivity index (χ0v) is 19.5. The number of hydrogen-bond donors (Lipinski definition) is 2. The molecule has 0 heterocycles. The van der Waals surface area contributed by atoms with E-state index in [0.29, 0.717) is 0 Å². The molecule has 0 aromatic carbocycles. The first-order valence-electron chi connectivity index (χ1n) is 12.0. The van der Waals surface area contributed by atoms with Gasteiger partial charge in [-0.05, 0) is 65.7 Å². The molecule has 4 saturated carbocycles. The number of hydrogen-bond acceptors (Lipinski definition) is 4. The van der Waals surface area contributed by atoms with Crippen molar-refractivity contribution in [2.24, 2.45) is 0 Å². The Morgan fingerprint density at radius 3 is 2.07 bits per heavy atom. The first-order chi connectivity index (χ1) is 13.6. The Morgan fingerprint density at radius 2 is 1.52 bits per heavy atom. The molecule has 168 valence electrons. The predicted octanol–water partition coefficient (Wildman–Crippen LogP) is 4.83. The van der Waals surface area contributed by atoms with Crippen molar-refractivity contribution >= 4 is 5.91 Å². The lowest BCUT2D eigenvalue weighted by Crippen LogP contribution is -2.85. The van der Waals surface area contributed by atoms with E-state index in [9.17, 15) is 4.79 Å². The lowest BCUT2D eigenvalue weighted by atomic mass is 9.44. The molecule has 1 amide bonds. The summed E-state index contributed by atoms with van der Waals surface area (Å²) in [5.74, 6) is 0.0574. The predicted molar refractivity (Wildman–Crippen MR) is 117 cm³/mol. The van der Waals surface area contributed by atoms with Gasteiger partial charge in [0, 0.05) is 11.1 Å². The fourth-order valence-electron chi connectivity index (χ4n) is 5.59. The van der Waals surface area contributed by atoms with Crippen LogP contribution in [0.15, 0.2) is 0 Å². The molecule has 5 nitrogen and oxygen atoms in total. The standard InChI is InChI=1S/C24H44N2O3/c1-6-21(3,4)29-22(5,7-2)26-24-16-23(17-24,18-24)25-20(27)15-28-19-13-11-9-8-10-12-14-19/h19,26H,6-18H2,1-5H3,(H,25,27). The summed E-state index contributed by atoms with van der Waals surface area (Å²) < 4.78 is 12.4. The normalized spacial score (nSPS) is 32.3. The minimum Gasteiger partial charge on any atom is -0.368 e. The summed E-state index contributed by atoms with van der Waals surface area (Å²) in [5, 5.41) is 7.07. The third kappa shape index (κ3) is 5.74. The van der Waals surface area contributed by atoms with Gasteiger partial charge in [0.2, 0.25) is 5.91 Å². The molecule has 2 N–H and O–H groups in total. The first kappa shape index (κ1) is 23.0. The summed E-state index contributed by atoms with van der Waals surface area (Å²) in [6.07, 6.45) is 13.8. The van der Waals surface area contributed by atoms with E-state index in [0.717, 1.165) is 44.9 Å². The lowest BCUT2D eigenvalue weighted by Gasteiger charge is -2.72. The summed E-state index contributed by atoms with van der Waals surface area (Å²) >= 11 is 0. The Kier molecular flexibility index (Phi) is 7.02. The van der Waals surface area contributed by atoms with Crippen LogP contribution >= 0.6 is 0 Å². The minimum atomic E-state index is -0.322. The Balaban J connectivity index is 1.40. The number of amides is 1. The SMILES string of the molecule is CCC(C)(C)OC(C)(CC)NC12CC(NC(=O)COC3CCCCCCC3)(C1)C2. The largest absolute Gasteiger partial charge is 0.368 e. The zero-order valence-electron chi connectivity index (χ0n) is 19.5. The number of carbonyl (C=O) groups excluding carboxylic acids is 1. The van der Waals surface area contributed by atoms with Crippen LogP contribution in [0.25, 0.3) is 0 Å². The fourth-order valence-corrected chi connectivity index (χ4v) is 5.59. The topological polar surface area (TPSA) is 59.6 Å². The molecule has 4 rings (SSSR count). The summed E-state index contributed by atoms with van der Waals surface area (Å²) in [6, 6.07) is 0.